The van der Waals surface area contributed by atoms with Crippen LogP contribution in [0.2, 0.25) is 0 Å². The maximum Gasteiger partial charge on any atom is 0.273 e. The van der Waals surface area contributed by atoms with Crippen molar-refractivity contribution < 1.29 is 13.9 Å². The minimum absolute atomic E-state index is 0.183. The Morgan fingerprint density at radius 1 is 1.41 bits per heavy atom. The molecular formula is C16H21N3O3. The largest absolute Gasteiger partial charge is 0.496 e. The van der Waals surface area contributed by atoms with Crippen LogP contribution in [0.1, 0.15) is 41.8 Å². The number of nitrogens with two attached hydrogens (primary N) is 1. The molecule has 0 spiro atoms. The highest BCUT2D eigenvalue weighted by Crippen LogP contribution is 2.19. The molecule has 0 aliphatic carbocycles. The molecule has 0 radical (unpaired) electrons. The Morgan fingerprint density at radius 3 is 2.82 bits per heavy atom. The van der Waals surface area contributed by atoms with Crippen molar-refractivity contribution in [3.63, 3.8) is 0 Å². The maximum absolute atomic E-state index is 12.1. The van der Waals surface area contributed by atoms with Crippen molar-refractivity contribution >= 4 is 5.91 Å². The average Bonchev–Trinajstić information content (AvgIpc) is 3.01. The number of hydrogen-bond donors (Lipinski definition) is 2. The summed E-state index contributed by atoms with van der Waals surface area (Å²) in [6.45, 7) is 4.29. The van der Waals surface area contributed by atoms with Gasteiger partial charge in [-0.2, -0.15) is 0 Å². The predicted molar refractivity (Wildman–Crippen MR) is 82.4 cm³/mol. The lowest BCUT2D eigenvalue weighted by Gasteiger charge is -2.10. The molecule has 1 heterocycles. The van der Waals surface area contributed by atoms with E-state index in [1.54, 1.807) is 7.11 Å². The van der Waals surface area contributed by atoms with Gasteiger partial charge in [0.15, 0.2) is 5.69 Å². The third kappa shape index (κ3) is 3.65. The number of nitrogens with zero attached hydrogens (tertiary/aromatic N) is 1. The third-order valence-corrected chi connectivity index (χ3v) is 3.39. The fourth-order valence-corrected chi connectivity index (χ4v) is 1.95. The number of ether oxygens (including phenoxy) is 1. The van der Waals surface area contributed by atoms with Gasteiger partial charge in [0.1, 0.15) is 12.0 Å². The molecule has 0 aliphatic rings. The average molecular weight is 303 g/mol. The number of aromatic nitrogens is 1. The molecule has 2 aromatic rings. The highest BCUT2D eigenvalue weighted by Gasteiger charge is 2.19. The van der Waals surface area contributed by atoms with E-state index in [0.717, 1.165) is 11.3 Å². The summed E-state index contributed by atoms with van der Waals surface area (Å²) in [7, 11) is 1.60. The minimum Gasteiger partial charge on any atom is -0.496 e. The minimum atomic E-state index is -0.323. The van der Waals surface area contributed by atoms with Crippen LogP contribution in [0, 0.1) is 5.92 Å². The molecule has 1 aromatic carbocycles. The van der Waals surface area contributed by atoms with Crippen LogP contribution in [0.25, 0.3) is 0 Å². The number of carbonyl (C=O) groups excluding carboxylic acids is 1. The van der Waals surface area contributed by atoms with Gasteiger partial charge in [-0.1, -0.05) is 32.0 Å². The van der Waals surface area contributed by atoms with Crippen LogP contribution in [-0.4, -0.2) is 18.0 Å². The van der Waals surface area contributed by atoms with E-state index >= 15 is 0 Å². The van der Waals surface area contributed by atoms with Gasteiger partial charge < -0.3 is 20.2 Å². The second-order valence-electron chi connectivity index (χ2n) is 5.34. The summed E-state index contributed by atoms with van der Waals surface area (Å²) in [4.78, 5) is 16.3. The van der Waals surface area contributed by atoms with Gasteiger partial charge >= 0.3 is 0 Å². The molecule has 6 nitrogen and oxygen atoms in total. The first-order valence-corrected chi connectivity index (χ1v) is 7.14. The Hall–Kier alpha value is -2.34. The van der Waals surface area contributed by atoms with Crippen LogP contribution < -0.4 is 15.8 Å². The summed E-state index contributed by atoms with van der Waals surface area (Å²) in [5, 5.41) is 2.79. The lowest BCUT2D eigenvalue weighted by molar-refractivity contribution is 0.0945. The molecule has 0 fully saturated rings. The highest BCUT2D eigenvalue weighted by molar-refractivity contribution is 5.91. The van der Waals surface area contributed by atoms with Crippen LogP contribution >= 0.6 is 0 Å². The number of rotatable bonds is 6. The van der Waals surface area contributed by atoms with E-state index in [0.29, 0.717) is 12.4 Å². The molecule has 0 saturated heterocycles. The number of amides is 1. The monoisotopic (exact) mass is 303 g/mol. The first kappa shape index (κ1) is 16.0. The van der Waals surface area contributed by atoms with Gasteiger partial charge in [-0.3, -0.25) is 4.79 Å². The summed E-state index contributed by atoms with van der Waals surface area (Å²) < 4.78 is 10.5. The number of benzene rings is 1. The predicted octanol–water partition coefficient (Wildman–Crippen LogP) is 2.27. The fraction of sp³-hybridized carbons (Fsp3) is 0.375. The van der Waals surface area contributed by atoms with Crippen molar-refractivity contribution in [2.75, 3.05) is 7.11 Å². The van der Waals surface area contributed by atoms with Crippen molar-refractivity contribution in [2.45, 2.75) is 26.4 Å². The van der Waals surface area contributed by atoms with Crippen molar-refractivity contribution in [1.82, 2.24) is 10.3 Å². The molecule has 0 saturated carbocycles. The molecule has 1 amide bonds. The fourth-order valence-electron chi connectivity index (χ4n) is 1.95. The van der Waals surface area contributed by atoms with E-state index < -0.39 is 0 Å². The Morgan fingerprint density at radius 2 is 2.14 bits per heavy atom. The summed E-state index contributed by atoms with van der Waals surface area (Å²) in [6.07, 6.45) is 1.33. The number of para-hydroxylation sites is 1. The Bertz CT molecular complexity index is 637. The van der Waals surface area contributed by atoms with E-state index in [2.05, 4.69) is 10.3 Å². The Balaban J connectivity index is 2.01. The molecule has 118 valence electrons. The van der Waals surface area contributed by atoms with Gasteiger partial charge in [0.2, 0.25) is 5.89 Å². The number of methoxy groups -OCH3 is 1. The molecule has 6 heteroatoms. The number of carbonyl (C=O) groups is 1. The summed E-state index contributed by atoms with van der Waals surface area (Å²) in [5.41, 5.74) is 7.06. The molecule has 1 unspecified atom stereocenters. The molecular weight excluding hydrogens is 282 g/mol. The zero-order valence-electron chi connectivity index (χ0n) is 13.0. The summed E-state index contributed by atoms with van der Waals surface area (Å²) in [6, 6.07) is 7.18. The summed E-state index contributed by atoms with van der Waals surface area (Å²) >= 11 is 0. The molecule has 22 heavy (non-hydrogen) atoms. The second-order valence-corrected chi connectivity index (χ2v) is 5.34. The van der Waals surface area contributed by atoms with Crippen molar-refractivity contribution in [3.05, 3.63) is 47.7 Å². The van der Waals surface area contributed by atoms with Crippen molar-refractivity contribution in [2.24, 2.45) is 11.7 Å². The molecule has 1 atom stereocenters. The van der Waals surface area contributed by atoms with E-state index in [4.69, 9.17) is 14.9 Å². The van der Waals surface area contributed by atoms with Gasteiger partial charge in [-0.05, 0) is 12.0 Å². The lowest BCUT2D eigenvalue weighted by atomic mass is 10.1. The topological polar surface area (TPSA) is 90.4 Å². The molecule has 3 N–H and O–H groups in total. The smallest absolute Gasteiger partial charge is 0.273 e. The zero-order valence-corrected chi connectivity index (χ0v) is 13.0. The lowest BCUT2D eigenvalue weighted by Crippen LogP contribution is -2.24. The van der Waals surface area contributed by atoms with E-state index in [-0.39, 0.29) is 23.6 Å². The van der Waals surface area contributed by atoms with Crippen LogP contribution in [-0.2, 0) is 6.54 Å². The van der Waals surface area contributed by atoms with Crippen LogP contribution in [0.3, 0.4) is 0 Å². The van der Waals surface area contributed by atoms with Gasteiger partial charge in [-0.15, -0.1) is 0 Å². The maximum atomic E-state index is 12.1. The normalized spacial score (nSPS) is 12.2. The van der Waals surface area contributed by atoms with Gasteiger partial charge in [0.25, 0.3) is 5.91 Å². The van der Waals surface area contributed by atoms with Crippen molar-refractivity contribution in [3.8, 4) is 5.75 Å². The van der Waals surface area contributed by atoms with E-state index in [1.807, 2.05) is 38.1 Å². The highest BCUT2D eigenvalue weighted by atomic mass is 16.5. The summed E-state index contributed by atoms with van der Waals surface area (Å²) in [5.74, 6) is 0.975. The van der Waals surface area contributed by atoms with E-state index in [1.165, 1.54) is 6.26 Å². The second kappa shape index (κ2) is 7.09. The first-order chi connectivity index (χ1) is 10.5. The molecule has 1 aromatic heterocycles. The van der Waals surface area contributed by atoms with Crippen LogP contribution in [0.5, 0.6) is 5.75 Å². The Labute approximate surface area is 129 Å². The van der Waals surface area contributed by atoms with Gasteiger partial charge in [-0.25, -0.2) is 4.98 Å². The van der Waals surface area contributed by atoms with Gasteiger partial charge in [0, 0.05) is 12.1 Å². The number of hydrogen-bond acceptors (Lipinski definition) is 5. The SMILES string of the molecule is COc1ccccc1CNC(=O)c1coc(C(N)C(C)C)n1. The first-order valence-electron chi connectivity index (χ1n) is 7.14. The van der Waals surface area contributed by atoms with Crippen molar-refractivity contribution in [1.29, 1.82) is 0 Å². The molecule has 0 bridgehead atoms. The van der Waals surface area contributed by atoms with E-state index in [9.17, 15) is 4.79 Å². The quantitative estimate of drug-likeness (QED) is 0.854. The van der Waals surface area contributed by atoms with Gasteiger partial charge in [0.05, 0.1) is 13.2 Å². The third-order valence-electron chi connectivity index (χ3n) is 3.39. The molecule has 2 rings (SSSR count). The van der Waals surface area contributed by atoms with Crippen LogP contribution in [0.4, 0.5) is 0 Å². The Kier molecular flexibility index (Phi) is 5.16. The zero-order chi connectivity index (χ0) is 16.1. The van der Waals surface area contributed by atoms with Crippen LogP contribution in [0.15, 0.2) is 34.9 Å². The number of nitrogens with one attached hydrogen (secondary N) is 1. The number of oxazole rings is 1. The molecule has 0 aliphatic heterocycles. The standard InChI is InChI=1S/C16H21N3O3/c1-10(2)14(17)16-19-12(9-22-16)15(20)18-8-11-6-4-5-7-13(11)21-3/h4-7,9-10,14H,8,17H2,1-3H3,(H,18,20).